The van der Waals surface area contributed by atoms with Gasteiger partial charge in [-0.1, -0.05) is 77.8 Å². The predicted molar refractivity (Wildman–Crippen MR) is 220 cm³/mol. The summed E-state index contributed by atoms with van der Waals surface area (Å²) in [5.74, 6) is -0.547. The first-order valence-electron chi connectivity index (χ1n) is 19.1. The molecule has 1 fully saturated rings. The quantitative estimate of drug-likeness (QED) is 0.181. The fourth-order valence-electron chi connectivity index (χ4n) is 7.60. The van der Waals surface area contributed by atoms with Gasteiger partial charge in [0, 0.05) is 60.2 Å². The van der Waals surface area contributed by atoms with Crippen molar-refractivity contribution in [1.82, 2.24) is 20.9 Å². The summed E-state index contributed by atoms with van der Waals surface area (Å²) in [5, 5.41) is 11.7. The first-order valence-corrected chi connectivity index (χ1v) is 19.8. The number of halogens is 2. The van der Waals surface area contributed by atoms with E-state index in [2.05, 4.69) is 16.0 Å². The molecule has 5 aromatic rings. The number of nitrogens with zero attached hydrogens (tertiary/aromatic N) is 2. The summed E-state index contributed by atoms with van der Waals surface area (Å²) in [6, 6.07) is 28.6. The number of hydrogen-bond donors (Lipinski definition) is 3. The van der Waals surface area contributed by atoms with E-state index >= 15 is 0 Å². The van der Waals surface area contributed by atoms with Crippen LogP contribution in [0.15, 0.2) is 101 Å². The molecule has 0 aliphatic carbocycles. The van der Waals surface area contributed by atoms with Gasteiger partial charge >= 0.3 is 0 Å². The lowest BCUT2D eigenvalue weighted by atomic mass is 9.99. The molecule has 3 atom stereocenters. The van der Waals surface area contributed by atoms with E-state index in [0.29, 0.717) is 72.2 Å². The van der Waals surface area contributed by atoms with Crippen molar-refractivity contribution in [1.29, 1.82) is 0 Å². The van der Waals surface area contributed by atoms with Crippen molar-refractivity contribution in [3.05, 3.63) is 124 Å². The van der Waals surface area contributed by atoms with Crippen LogP contribution in [0, 0.1) is 0 Å². The van der Waals surface area contributed by atoms with Gasteiger partial charge in [-0.2, -0.15) is 0 Å². The first kappa shape index (κ1) is 39.1. The fraction of sp³-hybridized carbons (Fsp3) is 0.318. The zero-order valence-electron chi connectivity index (χ0n) is 31.2. The number of benzene rings is 4. The average Bonchev–Trinajstić information content (AvgIpc) is 3.57. The monoisotopic (exact) mass is 793 g/mol. The molecular formula is C44H45Cl2N5O5. The maximum absolute atomic E-state index is 14.3. The van der Waals surface area contributed by atoms with Crippen LogP contribution in [0.25, 0.3) is 22.3 Å². The molecule has 3 N–H and O–H groups in total. The largest absolute Gasteiger partial charge is 0.456 e. The summed E-state index contributed by atoms with van der Waals surface area (Å²) in [7, 11) is 1.76. The number of para-hydroxylation sites is 2. The van der Waals surface area contributed by atoms with Gasteiger partial charge in [-0.25, -0.2) is 0 Å². The van der Waals surface area contributed by atoms with Crippen LogP contribution in [-0.2, 0) is 38.4 Å². The molecular weight excluding hydrogens is 749 g/mol. The minimum Gasteiger partial charge on any atom is -0.456 e. The van der Waals surface area contributed by atoms with Gasteiger partial charge in [0.15, 0.2) is 0 Å². The molecule has 0 saturated carbocycles. The third-order valence-electron chi connectivity index (χ3n) is 10.5. The van der Waals surface area contributed by atoms with Gasteiger partial charge < -0.3 is 30.2 Å². The van der Waals surface area contributed by atoms with Gasteiger partial charge in [0.05, 0.1) is 5.02 Å². The van der Waals surface area contributed by atoms with E-state index in [1.165, 1.54) is 4.90 Å². The topological polar surface area (TPSA) is 124 Å². The van der Waals surface area contributed by atoms with Crippen LogP contribution in [0.5, 0.6) is 0 Å². The molecule has 4 aromatic carbocycles. The van der Waals surface area contributed by atoms with Crippen molar-refractivity contribution in [2.75, 3.05) is 31.6 Å². The highest BCUT2D eigenvalue weighted by Gasteiger charge is 2.33. The van der Waals surface area contributed by atoms with E-state index in [1.54, 1.807) is 18.0 Å². The van der Waals surface area contributed by atoms with Crippen LogP contribution in [0.1, 0.15) is 42.4 Å². The number of aryl methyl sites for hydroxylation is 1. The number of carbonyl (C=O) groups is 4. The van der Waals surface area contributed by atoms with Crippen molar-refractivity contribution in [2.45, 2.75) is 63.1 Å². The average molecular weight is 795 g/mol. The number of rotatable bonds is 5. The first-order chi connectivity index (χ1) is 27.1. The number of furan rings is 1. The second-order valence-electron chi connectivity index (χ2n) is 14.7. The minimum absolute atomic E-state index is 0.0423. The molecule has 2 aliphatic rings. The lowest BCUT2D eigenvalue weighted by Gasteiger charge is -2.28. The molecule has 3 heterocycles. The van der Waals surface area contributed by atoms with Crippen molar-refractivity contribution < 1.29 is 23.6 Å². The van der Waals surface area contributed by atoms with Crippen LogP contribution in [0.2, 0.25) is 10.0 Å². The lowest BCUT2D eigenvalue weighted by molar-refractivity contribution is -0.131. The Hall–Kier alpha value is -5.16. The van der Waals surface area contributed by atoms with E-state index in [0.717, 1.165) is 27.7 Å². The smallest absolute Gasteiger partial charge is 0.250 e. The Balaban J connectivity index is 1.16. The van der Waals surface area contributed by atoms with Gasteiger partial charge in [0.2, 0.25) is 23.6 Å². The SMILES string of the molecule is CN1CCCN[C@@H](Cc2ccc(Cl)cc2)CC(=O)N[C@H]2CCc3ccccc3N(CC(=O)N[C@H](Cc3ccc(Cl)c(-c4cc5ccccc5o4)c3)CC1=O)C2=O. The van der Waals surface area contributed by atoms with Crippen LogP contribution in [-0.4, -0.2) is 73.3 Å². The Morgan fingerprint density at radius 2 is 1.54 bits per heavy atom. The maximum atomic E-state index is 14.3. The Bertz CT molecular complexity index is 2190. The van der Waals surface area contributed by atoms with E-state index < -0.39 is 18.0 Å². The lowest BCUT2D eigenvalue weighted by Crippen LogP contribution is -2.52. The van der Waals surface area contributed by atoms with Gasteiger partial charge in [0.25, 0.3) is 0 Å². The molecule has 1 saturated heterocycles. The molecule has 2 aliphatic heterocycles. The summed E-state index contributed by atoms with van der Waals surface area (Å²) in [4.78, 5) is 58.8. The van der Waals surface area contributed by atoms with Gasteiger partial charge in [-0.15, -0.1) is 0 Å². The van der Waals surface area contributed by atoms with E-state index in [-0.39, 0.29) is 43.1 Å². The van der Waals surface area contributed by atoms with Gasteiger partial charge in [-0.05, 0) is 97.8 Å². The number of anilines is 1. The number of fused-ring (bicyclic) bond motifs is 5. The van der Waals surface area contributed by atoms with E-state index in [1.807, 2.05) is 91.0 Å². The molecule has 12 heteroatoms. The fourth-order valence-corrected chi connectivity index (χ4v) is 7.94. The molecule has 0 unspecified atom stereocenters. The molecule has 4 amide bonds. The second-order valence-corrected chi connectivity index (χ2v) is 15.5. The Kier molecular flexibility index (Phi) is 12.4. The Morgan fingerprint density at radius 1 is 0.786 bits per heavy atom. The highest BCUT2D eigenvalue weighted by Crippen LogP contribution is 2.34. The molecule has 7 rings (SSSR count). The normalized spacial score (nSPS) is 20.4. The minimum atomic E-state index is -0.825. The number of hydrogen-bond acceptors (Lipinski definition) is 6. The van der Waals surface area contributed by atoms with Crippen LogP contribution in [0.3, 0.4) is 0 Å². The number of amides is 4. The molecule has 0 radical (unpaired) electrons. The molecule has 0 spiro atoms. The Labute approximate surface area is 336 Å². The highest BCUT2D eigenvalue weighted by atomic mass is 35.5. The van der Waals surface area contributed by atoms with Gasteiger partial charge in [0.1, 0.15) is 23.9 Å². The third kappa shape index (κ3) is 9.61. The van der Waals surface area contributed by atoms with E-state index in [9.17, 15) is 19.2 Å². The zero-order chi connectivity index (χ0) is 39.2. The molecule has 56 heavy (non-hydrogen) atoms. The summed E-state index contributed by atoms with van der Waals surface area (Å²) in [5.41, 5.74) is 4.85. The van der Waals surface area contributed by atoms with Crippen molar-refractivity contribution in [3.63, 3.8) is 0 Å². The van der Waals surface area contributed by atoms with Crippen molar-refractivity contribution in [2.24, 2.45) is 0 Å². The maximum Gasteiger partial charge on any atom is 0.250 e. The standard InChI is InChI=1S/C44H45Cl2N5O5/c1-50-20-6-19-47-33(21-28-11-15-32(45)16-12-28)25-41(52)49-37-18-14-30-7-2-4-9-38(30)51(44(37)55)27-42(53)48-34(26-43(50)54)22-29-13-17-36(46)35(23-29)40-24-31-8-3-5-10-39(31)56-40/h2-5,7-13,15-17,23-24,33-34,37,47H,6,14,18-22,25-27H2,1H3,(H,48,53)(H,49,52)/t33-,34+,37-/m0/s1. The van der Waals surface area contributed by atoms with Crippen LogP contribution in [0.4, 0.5) is 5.69 Å². The number of carbonyl (C=O) groups excluding carboxylic acids is 4. The van der Waals surface area contributed by atoms with Gasteiger partial charge in [-0.3, -0.25) is 19.2 Å². The summed E-state index contributed by atoms with van der Waals surface area (Å²) in [6.07, 6.45) is 2.66. The summed E-state index contributed by atoms with van der Waals surface area (Å²) < 4.78 is 6.12. The van der Waals surface area contributed by atoms with Crippen LogP contribution >= 0.6 is 23.2 Å². The highest BCUT2D eigenvalue weighted by molar-refractivity contribution is 6.33. The zero-order valence-corrected chi connectivity index (χ0v) is 32.7. The number of nitrogens with one attached hydrogen (secondary N) is 3. The molecule has 10 nitrogen and oxygen atoms in total. The van der Waals surface area contributed by atoms with Crippen LogP contribution < -0.4 is 20.9 Å². The molecule has 1 aromatic heterocycles. The third-order valence-corrected chi connectivity index (χ3v) is 11.1. The second kappa shape index (κ2) is 17.7. The summed E-state index contributed by atoms with van der Waals surface area (Å²) >= 11 is 12.8. The molecule has 290 valence electrons. The van der Waals surface area contributed by atoms with Crippen molar-refractivity contribution >= 4 is 63.5 Å². The summed E-state index contributed by atoms with van der Waals surface area (Å²) in [6.45, 7) is 0.753. The Morgan fingerprint density at radius 3 is 2.36 bits per heavy atom. The molecule has 2 bridgehead atoms. The predicted octanol–water partition coefficient (Wildman–Crippen LogP) is 6.74. The van der Waals surface area contributed by atoms with E-state index in [4.69, 9.17) is 27.6 Å². The van der Waals surface area contributed by atoms with Crippen molar-refractivity contribution in [3.8, 4) is 11.3 Å².